The third kappa shape index (κ3) is 4.14. The number of alkyl halides is 1. The van der Waals surface area contributed by atoms with E-state index in [0.717, 1.165) is 0 Å². The molecule has 0 fully saturated rings. The summed E-state index contributed by atoms with van der Waals surface area (Å²) in [7, 11) is 0. The molecule has 10 heavy (non-hydrogen) atoms. The van der Waals surface area contributed by atoms with Crippen LogP contribution in [0.5, 0.6) is 0 Å². The fraction of sp³-hybridized carbons (Fsp3) is 0.600. The van der Waals surface area contributed by atoms with Gasteiger partial charge in [0.05, 0.1) is 0 Å². The third-order valence-electron chi connectivity index (χ3n) is 0.936. The van der Waals surface area contributed by atoms with Gasteiger partial charge in [-0.25, -0.2) is 0 Å². The summed E-state index contributed by atoms with van der Waals surface area (Å²) in [6.45, 7) is 0. The van der Waals surface area contributed by atoms with Crippen LogP contribution < -0.4 is 10.6 Å². The second kappa shape index (κ2) is 6.35. The van der Waals surface area contributed by atoms with Gasteiger partial charge in [-0.05, 0) is 6.42 Å². The molecule has 0 spiro atoms. The molecule has 0 aromatic carbocycles. The molecule has 0 saturated heterocycles. The van der Waals surface area contributed by atoms with Crippen molar-refractivity contribution in [3.8, 4) is 0 Å². The molecule has 0 aliphatic heterocycles. The van der Waals surface area contributed by atoms with Gasteiger partial charge in [-0.1, -0.05) is 0 Å². The van der Waals surface area contributed by atoms with Crippen molar-refractivity contribution in [1.82, 2.24) is 10.6 Å². The summed E-state index contributed by atoms with van der Waals surface area (Å²) in [4.78, 5) is 19.7. The highest BCUT2D eigenvalue weighted by Gasteiger charge is 2.01. The number of halogens is 1. The van der Waals surface area contributed by atoms with Gasteiger partial charge >= 0.3 is 0 Å². The number of carbonyl (C=O) groups is 2. The Bertz CT molecular complexity index is 99.8. The van der Waals surface area contributed by atoms with Crippen molar-refractivity contribution in [3.05, 3.63) is 0 Å². The van der Waals surface area contributed by atoms with E-state index in [1.54, 1.807) is 0 Å². The second-order valence-corrected chi connectivity index (χ2v) is 1.98. The molecule has 0 rings (SSSR count). The molecule has 0 aromatic rings. The largest absolute Gasteiger partial charge is 0.339 e. The lowest BCUT2D eigenvalue weighted by Gasteiger charge is -2.11. The number of hydrogen-bond donors (Lipinski definition) is 2. The SMILES string of the molecule is O=CNC(CCCl)NC=O. The first-order chi connectivity index (χ1) is 4.85. The van der Waals surface area contributed by atoms with Crippen molar-refractivity contribution >= 4 is 24.4 Å². The van der Waals surface area contributed by atoms with E-state index in [1.165, 1.54) is 0 Å². The lowest BCUT2D eigenvalue weighted by molar-refractivity contribution is -0.112. The van der Waals surface area contributed by atoms with E-state index in [-0.39, 0.29) is 6.17 Å². The molecule has 0 aromatic heterocycles. The molecule has 0 heterocycles. The van der Waals surface area contributed by atoms with Gasteiger partial charge in [0, 0.05) is 5.88 Å². The van der Waals surface area contributed by atoms with Crippen molar-refractivity contribution in [1.29, 1.82) is 0 Å². The monoisotopic (exact) mass is 164 g/mol. The number of carbonyl (C=O) groups excluding carboxylic acids is 2. The van der Waals surface area contributed by atoms with Gasteiger partial charge in [-0.2, -0.15) is 0 Å². The van der Waals surface area contributed by atoms with Gasteiger partial charge in [0.1, 0.15) is 6.17 Å². The molecule has 5 heteroatoms. The fourth-order valence-electron chi connectivity index (χ4n) is 0.488. The van der Waals surface area contributed by atoms with Crippen molar-refractivity contribution in [2.24, 2.45) is 0 Å². The van der Waals surface area contributed by atoms with Crippen LogP contribution in [0, 0.1) is 0 Å². The van der Waals surface area contributed by atoms with E-state index < -0.39 is 0 Å². The molecule has 0 saturated carbocycles. The molecular formula is C5H9ClN2O2. The van der Waals surface area contributed by atoms with E-state index >= 15 is 0 Å². The molecule has 2 N–H and O–H groups in total. The minimum Gasteiger partial charge on any atom is -0.339 e. The summed E-state index contributed by atoms with van der Waals surface area (Å²) in [6.07, 6.45) is 1.23. The number of amides is 2. The zero-order valence-corrected chi connectivity index (χ0v) is 6.10. The van der Waals surface area contributed by atoms with Crippen LogP contribution in [0.15, 0.2) is 0 Å². The Morgan fingerprint density at radius 2 is 1.80 bits per heavy atom. The first-order valence-electron chi connectivity index (χ1n) is 2.80. The highest BCUT2D eigenvalue weighted by molar-refractivity contribution is 6.17. The van der Waals surface area contributed by atoms with Crippen molar-refractivity contribution in [2.75, 3.05) is 5.88 Å². The van der Waals surface area contributed by atoms with Crippen LogP contribution in [0.1, 0.15) is 6.42 Å². The maximum absolute atomic E-state index is 9.85. The lowest BCUT2D eigenvalue weighted by Crippen LogP contribution is -2.41. The molecule has 0 unspecified atom stereocenters. The van der Waals surface area contributed by atoms with Gasteiger partial charge in [0.2, 0.25) is 12.8 Å². The summed E-state index contributed by atoms with van der Waals surface area (Å²) in [5.74, 6) is 0.395. The van der Waals surface area contributed by atoms with Crippen molar-refractivity contribution in [2.45, 2.75) is 12.6 Å². The summed E-state index contributed by atoms with van der Waals surface area (Å²) < 4.78 is 0. The Hall–Kier alpha value is -0.770. The molecule has 2 amide bonds. The van der Waals surface area contributed by atoms with Crippen LogP contribution in [-0.2, 0) is 9.59 Å². The van der Waals surface area contributed by atoms with Crippen LogP contribution in [0.3, 0.4) is 0 Å². The zero-order valence-electron chi connectivity index (χ0n) is 5.34. The molecule has 0 aliphatic rings. The Morgan fingerprint density at radius 1 is 1.30 bits per heavy atom. The van der Waals surface area contributed by atoms with Gasteiger partial charge in [0.15, 0.2) is 0 Å². The summed E-state index contributed by atoms with van der Waals surface area (Å²) in [5.41, 5.74) is 0. The molecular weight excluding hydrogens is 156 g/mol. The van der Waals surface area contributed by atoms with Crippen molar-refractivity contribution < 1.29 is 9.59 Å². The Morgan fingerprint density at radius 3 is 2.10 bits per heavy atom. The summed E-state index contributed by atoms with van der Waals surface area (Å²) >= 11 is 5.36. The summed E-state index contributed by atoms with van der Waals surface area (Å²) in [5, 5.41) is 4.75. The molecule has 0 atom stereocenters. The number of nitrogens with one attached hydrogen (secondary N) is 2. The average Bonchev–Trinajstić information content (AvgIpc) is 1.90. The van der Waals surface area contributed by atoms with Crippen LogP contribution in [0.2, 0.25) is 0 Å². The van der Waals surface area contributed by atoms with Crippen LogP contribution in [-0.4, -0.2) is 24.9 Å². The highest BCUT2D eigenvalue weighted by Crippen LogP contribution is 1.87. The van der Waals surface area contributed by atoms with Gasteiger partial charge in [-0.3, -0.25) is 9.59 Å². The summed E-state index contributed by atoms with van der Waals surface area (Å²) in [6, 6.07) is 0. The van der Waals surface area contributed by atoms with Crippen LogP contribution in [0.25, 0.3) is 0 Å². The molecule has 58 valence electrons. The standard InChI is InChI=1S/C5H9ClN2O2/c6-2-1-5(7-3-9)8-4-10/h3-5H,1-2H2,(H,7,9)(H,8,10). The lowest BCUT2D eigenvalue weighted by atomic mass is 10.4. The normalized spacial score (nSPS) is 9.00. The zero-order chi connectivity index (χ0) is 7.82. The Balaban J connectivity index is 3.48. The third-order valence-corrected chi connectivity index (χ3v) is 1.15. The van der Waals surface area contributed by atoms with Gasteiger partial charge in [0.25, 0.3) is 0 Å². The van der Waals surface area contributed by atoms with Crippen LogP contribution in [0.4, 0.5) is 0 Å². The molecule has 4 nitrogen and oxygen atoms in total. The maximum Gasteiger partial charge on any atom is 0.208 e. The second-order valence-electron chi connectivity index (χ2n) is 1.60. The van der Waals surface area contributed by atoms with E-state index in [9.17, 15) is 9.59 Å². The minimum atomic E-state index is -0.340. The number of rotatable bonds is 6. The van der Waals surface area contributed by atoms with Gasteiger partial charge in [-0.15, -0.1) is 11.6 Å². The highest BCUT2D eigenvalue weighted by atomic mass is 35.5. The predicted molar refractivity (Wildman–Crippen MR) is 37.5 cm³/mol. The van der Waals surface area contributed by atoms with Gasteiger partial charge < -0.3 is 10.6 Å². The quantitative estimate of drug-likeness (QED) is 0.314. The first-order valence-corrected chi connectivity index (χ1v) is 3.34. The van der Waals surface area contributed by atoms with E-state index in [4.69, 9.17) is 11.6 Å². The van der Waals surface area contributed by atoms with E-state index in [1.807, 2.05) is 0 Å². The number of hydrogen-bond acceptors (Lipinski definition) is 2. The fourth-order valence-corrected chi connectivity index (χ4v) is 0.706. The van der Waals surface area contributed by atoms with Crippen molar-refractivity contribution in [3.63, 3.8) is 0 Å². The molecule has 0 bridgehead atoms. The molecule has 0 radical (unpaired) electrons. The minimum absolute atomic E-state index is 0.340. The predicted octanol–water partition coefficient (Wildman–Crippen LogP) is -0.567. The smallest absolute Gasteiger partial charge is 0.208 e. The van der Waals surface area contributed by atoms with Crippen LogP contribution >= 0.6 is 11.6 Å². The topological polar surface area (TPSA) is 58.2 Å². The Kier molecular flexibility index (Phi) is 5.86. The van der Waals surface area contributed by atoms with E-state index in [2.05, 4.69) is 10.6 Å². The Labute approximate surface area is 63.9 Å². The first kappa shape index (κ1) is 9.23. The maximum atomic E-state index is 9.85. The average molecular weight is 165 g/mol. The van der Waals surface area contributed by atoms with E-state index in [0.29, 0.717) is 25.1 Å². The molecule has 0 aliphatic carbocycles.